The molecular weight excluding hydrogens is 757 g/mol. The average molecular weight is 801 g/mol. The first-order valence-electron chi connectivity index (χ1n) is 21.7. The third-order valence-electron chi connectivity index (χ3n) is 12.9. The van der Waals surface area contributed by atoms with E-state index < -0.39 is 0 Å². The second-order valence-electron chi connectivity index (χ2n) is 17.2. The number of furan rings is 2. The number of hydrogen-bond donors (Lipinski definition) is 0. The fourth-order valence-corrected chi connectivity index (χ4v) is 10.1. The lowest BCUT2D eigenvalue weighted by Crippen LogP contribution is -2.15. The number of benzene rings is 10. The smallest absolute Gasteiger partial charge is 0.159 e. The van der Waals surface area contributed by atoms with Gasteiger partial charge < -0.3 is 18.6 Å². The van der Waals surface area contributed by atoms with Gasteiger partial charge in [-0.1, -0.05) is 155 Å². The van der Waals surface area contributed by atoms with Gasteiger partial charge in [-0.2, -0.15) is 0 Å². The molecule has 0 atom stereocenters. The minimum atomic E-state index is 0.342. The van der Waals surface area contributed by atoms with Crippen LogP contribution < -0.4 is 9.80 Å². The molecule has 2 heterocycles. The van der Waals surface area contributed by atoms with Gasteiger partial charge in [-0.05, 0) is 93.7 Å². The normalized spacial score (nSPS) is 12.2. The van der Waals surface area contributed by atoms with E-state index in [9.17, 15) is 0 Å². The zero-order chi connectivity index (χ0) is 41.6. The quantitative estimate of drug-likeness (QED) is 0.143. The van der Waals surface area contributed by atoms with Crippen LogP contribution in [0.4, 0.5) is 34.1 Å². The van der Waals surface area contributed by atoms with Crippen molar-refractivity contribution in [1.82, 2.24) is 0 Å². The van der Waals surface area contributed by atoms with Gasteiger partial charge in [-0.25, -0.2) is 0 Å². The summed E-state index contributed by atoms with van der Waals surface area (Å²) in [4.78, 5) is 4.83. The van der Waals surface area contributed by atoms with Crippen molar-refractivity contribution in [1.29, 1.82) is 0 Å². The van der Waals surface area contributed by atoms with Gasteiger partial charge in [0.05, 0.1) is 22.7 Å². The highest BCUT2D eigenvalue weighted by atomic mass is 16.3. The Morgan fingerprint density at radius 2 is 0.710 bits per heavy atom. The zero-order valence-electron chi connectivity index (χ0n) is 35.2. The topological polar surface area (TPSA) is 32.8 Å². The highest BCUT2D eigenvalue weighted by Crippen LogP contribution is 2.53. The first kappa shape index (κ1) is 36.3. The molecule has 0 saturated carbocycles. The average Bonchev–Trinajstić information content (AvgIpc) is 3.89. The van der Waals surface area contributed by atoms with Crippen molar-refractivity contribution >= 4 is 110 Å². The summed E-state index contributed by atoms with van der Waals surface area (Å²) in [5.74, 6) is 0.683. The second-order valence-corrected chi connectivity index (χ2v) is 17.2. The molecule has 298 valence electrons. The Morgan fingerprint density at radius 3 is 1.16 bits per heavy atom. The minimum absolute atomic E-state index is 0.342. The Balaban J connectivity index is 1.27. The molecule has 2 aromatic heterocycles. The Morgan fingerprint density at radius 1 is 0.323 bits per heavy atom. The molecule has 0 aliphatic carbocycles. The number of para-hydroxylation sites is 6. The van der Waals surface area contributed by atoms with Gasteiger partial charge >= 0.3 is 0 Å². The summed E-state index contributed by atoms with van der Waals surface area (Å²) < 4.78 is 13.7. The van der Waals surface area contributed by atoms with Crippen molar-refractivity contribution in [2.24, 2.45) is 0 Å². The number of rotatable bonds is 8. The van der Waals surface area contributed by atoms with Gasteiger partial charge in [-0.3, -0.25) is 0 Å². The molecule has 12 rings (SSSR count). The summed E-state index contributed by atoms with van der Waals surface area (Å²) in [7, 11) is 0. The number of hydrogen-bond acceptors (Lipinski definition) is 4. The van der Waals surface area contributed by atoms with Crippen LogP contribution >= 0.6 is 0 Å². The third-order valence-corrected chi connectivity index (χ3v) is 12.9. The Labute approximate surface area is 360 Å². The van der Waals surface area contributed by atoms with E-state index in [0.717, 1.165) is 78.0 Å². The van der Waals surface area contributed by atoms with Gasteiger partial charge in [0.1, 0.15) is 11.2 Å². The molecule has 0 fully saturated rings. The van der Waals surface area contributed by atoms with Crippen LogP contribution in [0.5, 0.6) is 0 Å². The molecule has 12 aromatic rings. The summed E-state index contributed by atoms with van der Waals surface area (Å²) in [6, 6.07) is 65.6. The third kappa shape index (κ3) is 5.39. The van der Waals surface area contributed by atoms with Gasteiger partial charge in [0.15, 0.2) is 11.2 Å². The molecule has 4 heteroatoms. The van der Waals surface area contributed by atoms with Gasteiger partial charge in [0.2, 0.25) is 0 Å². The summed E-state index contributed by atoms with van der Waals surface area (Å²) in [5.41, 5.74) is 12.3. The van der Waals surface area contributed by atoms with Gasteiger partial charge in [-0.15, -0.1) is 0 Å². The van der Waals surface area contributed by atoms with Gasteiger partial charge in [0.25, 0.3) is 0 Å². The molecule has 62 heavy (non-hydrogen) atoms. The highest BCUT2D eigenvalue weighted by Gasteiger charge is 2.29. The monoisotopic (exact) mass is 800 g/mol. The van der Waals surface area contributed by atoms with E-state index in [1.54, 1.807) is 0 Å². The van der Waals surface area contributed by atoms with E-state index in [-0.39, 0.29) is 0 Å². The van der Waals surface area contributed by atoms with Crippen LogP contribution in [0.15, 0.2) is 191 Å². The molecule has 0 aliphatic rings. The number of nitrogens with zero attached hydrogens (tertiary/aromatic N) is 2. The summed E-state index contributed by atoms with van der Waals surface area (Å²) in [5, 5.41) is 11.9. The van der Waals surface area contributed by atoms with Crippen molar-refractivity contribution in [3.05, 3.63) is 193 Å². The molecule has 0 spiro atoms. The lowest BCUT2D eigenvalue weighted by Gasteiger charge is -2.32. The molecule has 4 nitrogen and oxygen atoms in total. The summed E-state index contributed by atoms with van der Waals surface area (Å²) in [6.45, 7) is 9.29. The number of fused-ring (bicyclic) bond motifs is 6. The van der Waals surface area contributed by atoms with Crippen molar-refractivity contribution in [3.8, 4) is 0 Å². The maximum Gasteiger partial charge on any atom is 0.159 e. The van der Waals surface area contributed by atoms with Crippen molar-refractivity contribution < 1.29 is 8.83 Å². The molecule has 10 aromatic carbocycles. The van der Waals surface area contributed by atoms with Crippen molar-refractivity contribution in [2.45, 2.75) is 39.5 Å². The van der Waals surface area contributed by atoms with Crippen LogP contribution in [0.1, 0.15) is 50.7 Å². The fourth-order valence-electron chi connectivity index (χ4n) is 10.1. The molecular formula is C58H44N2O2. The SMILES string of the molecule is CC(C)c1cc(C(C)C)c2ccc3c(N(c4ccccc4)c4cccc5c4oc4ccccc45)cc(N(c4ccccc4)c4cccc5c4oc4ccccc45)c4ccc1c2c43. The van der Waals surface area contributed by atoms with E-state index in [1.807, 2.05) is 12.1 Å². The van der Waals surface area contributed by atoms with Crippen LogP contribution in [0, 0.1) is 0 Å². The second kappa shape index (κ2) is 14.0. The molecule has 0 unspecified atom stereocenters. The molecule has 0 aliphatic heterocycles. The maximum atomic E-state index is 6.85. The predicted molar refractivity (Wildman–Crippen MR) is 262 cm³/mol. The Bertz CT molecular complexity index is 3420. The first-order valence-corrected chi connectivity index (χ1v) is 21.7. The van der Waals surface area contributed by atoms with E-state index in [4.69, 9.17) is 8.83 Å². The standard InChI is InChI=1S/C58H44N2O2/c1-35(2)47-33-48(36(3)4)42-30-32-46-52(60(38-19-9-6-10-20-38)50-26-16-24-44-40-22-12-14-28-54(40)62-58(44)50)34-51(45-31-29-41(47)55(42)56(45)46)59(37-17-7-5-8-18-37)49-25-15-23-43-39-21-11-13-27-53(39)61-57(43)49/h5-36H,1-4H3. The lowest BCUT2D eigenvalue weighted by atomic mass is 9.83. The Kier molecular flexibility index (Phi) is 8.20. The van der Waals surface area contributed by atoms with E-state index >= 15 is 0 Å². The van der Waals surface area contributed by atoms with E-state index in [0.29, 0.717) is 11.8 Å². The summed E-state index contributed by atoms with van der Waals surface area (Å²) in [6.07, 6.45) is 0. The van der Waals surface area contributed by atoms with Crippen molar-refractivity contribution in [2.75, 3.05) is 9.80 Å². The molecule has 0 radical (unpaired) electrons. The van der Waals surface area contributed by atoms with Crippen LogP contribution in [-0.2, 0) is 0 Å². The minimum Gasteiger partial charge on any atom is -0.454 e. The predicted octanol–water partition coefficient (Wildman–Crippen LogP) is 17.6. The molecule has 0 N–H and O–H groups in total. The lowest BCUT2D eigenvalue weighted by molar-refractivity contribution is 0.669. The summed E-state index contributed by atoms with van der Waals surface area (Å²) >= 11 is 0. The largest absolute Gasteiger partial charge is 0.454 e. The number of anilines is 6. The zero-order valence-corrected chi connectivity index (χ0v) is 35.2. The van der Waals surface area contributed by atoms with Crippen LogP contribution in [-0.4, -0.2) is 0 Å². The highest BCUT2D eigenvalue weighted by molar-refractivity contribution is 6.30. The Hall–Kier alpha value is -7.56. The van der Waals surface area contributed by atoms with Crippen LogP contribution in [0.2, 0.25) is 0 Å². The molecule has 0 saturated heterocycles. The van der Waals surface area contributed by atoms with E-state index in [1.165, 1.54) is 43.4 Å². The van der Waals surface area contributed by atoms with Crippen molar-refractivity contribution in [3.63, 3.8) is 0 Å². The first-order chi connectivity index (χ1) is 30.4. The fraction of sp³-hybridized carbons (Fsp3) is 0.103. The molecule has 0 bridgehead atoms. The molecule has 0 amide bonds. The van der Waals surface area contributed by atoms with E-state index in [2.05, 4.69) is 207 Å². The van der Waals surface area contributed by atoms with Crippen LogP contribution in [0.3, 0.4) is 0 Å². The maximum absolute atomic E-state index is 6.85. The van der Waals surface area contributed by atoms with Gasteiger partial charge in [0, 0.05) is 49.1 Å². The van der Waals surface area contributed by atoms with Crippen LogP contribution in [0.25, 0.3) is 76.2 Å².